The lowest BCUT2D eigenvalue weighted by Gasteiger charge is -2.41. The Morgan fingerprint density at radius 1 is 1.12 bits per heavy atom. The minimum absolute atomic E-state index is 0.237. The van der Waals surface area contributed by atoms with E-state index in [4.69, 9.17) is 0 Å². The molecule has 1 nitrogen and oxygen atoms in total. The van der Waals surface area contributed by atoms with Crippen molar-refractivity contribution in [3.63, 3.8) is 0 Å². The highest BCUT2D eigenvalue weighted by Gasteiger charge is 2.61. The third-order valence-corrected chi connectivity index (χ3v) is 3.27. The molecule has 0 spiro atoms. The summed E-state index contributed by atoms with van der Waals surface area (Å²) in [4.78, 5) is -1.45. The van der Waals surface area contributed by atoms with Crippen molar-refractivity contribution in [2.24, 2.45) is 0 Å². The summed E-state index contributed by atoms with van der Waals surface area (Å²) in [5.41, 5.74) is -2.50. The normalized spacial score (nSPS) is 17.4. The molecular formula is C8H10BrF6N. The molecule has 0 saturated carbocycles. The molecular weight excluding hydrogens is 304 g/mol. The summed E-state index contributed by atoms with van der Waals surface area (Å²) in [5, 5.41) is -0.533. The molecule has 0 aliphatic rings. The second-order valence-corrected chi connectivity index (χ2v) is 4.02. The molecule has 0 radical (unpaired) electrons. The number of nitrogens with zero attached hydrogens (tertiary/aromatic N) is 1. The van der Waals surface area contributed by atoms with E-state index in [0.29, 0.717) is 0 Å². The van der Waals surface area contributed by atoms with Crippen LogP contribution in [0.4, 0.5) is 26.3 Å². The van der Waals surface area contributed by atoms with Gasteiger partial charge in [0.05, 0.1) is 5.54 Å². The van der Waals surface area contributed by atoms with Crippen molar-refractivity contribution in [3.05, 3.63) is 12.2 Å². The van der Waals surface area contributed by atoms with Crippen LogP contribution in [0.1, 0.15) is 13.8 Å². The topological polar surface area (TPSA) is 3.24 Å². The summed E-state index contributed by atoms with van der Waals surface area (Å²) in [5.74, 6) is 0. The van der Waals surface area contributed by atoms with E-state index in [-0.39, 0.29) is 5.57 Å². The first-order valence-electron chi connectivity index (χ1n) is 4.03. The second kappa shape index (κ2) is 4.56. The van der Waals surface area contributed by atoms with Gasteiger partial charge in [0, 0.05) is 5.33 Å². The van der Waals surface area contributed by atoms with Crippen LogP contribution < -0.4 is 0 Å². The SMILES string of the molecule is C=C(C)C(C)(CBr)N(C(F)(F)F)C(F)(F)F. The Hall–Kier alpha value is -0.240. The van der Waals surface area contributed by atoms with Crippen LogP contribution >= 0.6 is 15.9 Å². The van der Waals surface area contributed by atoms with Crippen molar-refractivity contribution < 1.29 is 26.3 Å². The van der Waals surface area contributed by atoms with E-state index in [0.717, 1.165) is 13.8 Å². The number of hydrogen-bond donors (Lipinski definition) is 0. The molecule has 16 heavy (non-hydrogen) atoms. The van der Waals surface area contributed by atoms with Gasteiger partial charge < -0.3 is 0 Å². The maximum atomic E-state index is 12.4. The molecule has 0 saturated heterocycles. The zero-order valence-electron chi connectivity index (χ0n) is 8.51. The average molecular weight is 314 g/mol. The lowest BCUT2D eigenvalue weighted by atomic mass is 9.95. The van der Waals surface area contributed by atoms with Crippen molar-refractivity contribution >= 4 is 15.9 Å². The Balaban J connectivity index is 5.61. The van der Waals surface area contributed by atoms with E-state index in [2.05, 4.69) is 22.5 Å². The Morgan fingerprint density at radius 2 is 1.44 bits per heavy atom. The third kappa shape index (κ3) is 3.13. The van der Waals surface area contributed by atoms with E-state index in [1.165, 1.54) is 0 Å². The minimum atomic E-state index is -5.51. The van der Waals surface area contributed by atoms with Gasteiger partial charge in [-0.1, -0.05) is 28.1 Å². The average Bonchev–Trinajstić information content (AvgIpc) is 1.97. The molecule has 0 aliphatic heterocycles. The van der Waals surface area contributed by atoms with Gasteiger partial charge in [-0.25, -0.2) is 0 Å². The number of halogens is 7. The Bertz CT molecular complexity index is 257. The van der Waals surface area contributed by atoms with Crippen molar-refractivity contribution in [2.45, 2.75) is 32.0 Å². The molecule has 0 aromatic rings. The molecule has 0 fully saturated rings. The van der Waals surface area contributed by atoms with Crippen LogP contribution in [0.3, 0.4) is 0 Å². The standard InChI is InChI=1S/C8H10BrF6N/c1-5(2)6(3,4-9)16(7(10,11)12)8(13,14)15/h1,4H2,2-3H3. The highest BCUT2D eigenvalue weighted by molar-refractivity contribution is 9.09. The molecule has 0 amide bonds. The van der Waals surface area contributed by atoms with Gasteiger partial charge >= 0.3 is 12.6 Å². The minimum Gasteiger partial charge on any atom is -0.155 e. The van der Waals surface area contributed by atoms with Gasteiger partial charge in [0.2, 0.25) is 0 Å². The predicted molar refractivity (Wildman–Crippen MR) is 51.0 cm³/mol. The molecule has 1 atom stereocenters. The first-order valence-corrected chi connectivity index (χ1v) is 5.15. The quantitative estimate of drug-likeness (QED) is 0.329. The fourth-order valence-electron chi connectivity index (χ4n) is 1.07. The molecule has 0 bridgehead atoms. The summed E-state index contributed by atoms with van der Waals surface area (Å²) in [6, 6.07) is 0. The van der Waals surface area contributed by atoms with E-state index >= 15 is 0 Å². The van der Waals surface area contributed by atoms with Crippen LogP contribution in [0.2, 0.25) is 0 Å². The molecule has 0 N–H and O–H groups in total. The van der Waals surface area contributed by atoms with E-state index in [1.54, 1.807) is 0 Å². The lowest BCUT2D eigenvalue weighted by Crippen LogP contribution is -2.61. The van der Waals surface area contributed by atoms with Crippen molar-refractivity contribution in [3.8, 4) is 0 Å². The summed E-state index contributed by atoms with van der Waals surface area (Å²) >= 11 is 2.66. The lowest BCUT2D eigenvalue weighted by molar-refractivity contribution is -0.392. The third-order valence-electron chi connectivity index (χ3n) is 2.18. The second-order valence-electron chi connectivity index (χ2n) is 3.46. The number of alkyl halides is 7. The van der Waals surface area contributed by atoms with Crippen LogP contribution in [0.25, 0.3) is 0 Å². The molecule has 0 aliphatic carbocycles. The van der Waals surface area contributed by atoms with Crippen molar-refractivity contribution in [1.29, 1.82) is 0 Å². The summed E-state index contributed by atoms with van der Waals surface area (Å²) in [6.07, 6.45) is -11.0. The molecule has 8 heteroatoms. The summed E-state index contributed by atoms with van der Waals surface area (Å²) in [7, 11) is 0. The number of rotatable bonds is 3. The summed E-state index contributed by atoms with van der Waals surface area (Å²) < 4.78 is 74.4. The summed E-state index contributed by atoms with van der Waals surface area (Å²) in [6.45, 7) is 5.12. The molecule has 0 aromatic heterocycles. The van der Waals surface area contributed by atoms with Crippen molar-refractivity contribution in [1.82, 2.24) is 4.90 Å². The maximum Gasteiger partial charge on any atom is 0.467 e. The highest BCUT2D eigenvalue weighted by Crippen LogP contribution is 2.43. The van der Waals surface area contributed by atoms with Crippen molar-refractivity contribution in [2.75, 3.05) is 5.33 Å². The van der Waals surface area contributed by atoms with E-state index in [9.17, 15) is 26.3 Å². The van der Waals surface area contributed by atoms with Gasteiger partial charge in [0.25, 0.3) is 0 Å². The Kier molecular flexibility index (Phi) is 4.49. The first-order chi connectivity index (χ1) is 6.87. The largest absolute Gasteiger partial charge is 0.467 e. The highest BCUT2D eigenvalue weighted by atomic mass is 79.9. The maximum absolute atomic E-state index is 12.4. The van der Waals surface area contributed by atoms with Crippen LogP contribution in [0.5, 0.6) is 0 Å². The van der Waals surface area contributed by atoms with E-state index < -0.39 is 28.4 Å². The van der Waals surface area contributed by atoms with Crippen LogP contribution in [0.15, 0.2) is 12.2 Å². The molecule has 0 heterocycles. The van der Waals surface area contributed by atoms with Crippen LogP contribution in [-0.2, 0) is 0 Å². The smallest absolute Gasteiger partial charge is 0.155 e. The van der Waals surface area contributed by atoms with Gasteiger partial charge in [-0.05, 0) is 13.8 Å². The fourth-order valence-corrected chi connectivity index (χ4v) is 1.80. The van der Waals surface area contributed by atoms with Gasteiger partial charge in [0.1, 0.15) is 0 Å². The van der Waals surface area contributed by atoms with Gasteiger partial charge in [0.15, 0.2) is 0 Å². The molecule has 96 valence electrons. The Labute approximate surface area is 97.2 Å². The molecule has 0 rings (SSSR count). The first kappa shape index (κ1) is 15.8. The van der Waals surface area contributed by atoms with E-state index in [1.807, 2.05) is 0 Å². The predicted octanol–water partition coefficient (Wildman–Crippen LogP) is 4.06. The van der Waals surface area contributed by atoms with Crippen LogP contribution in [0, 0.1) is 0 Å². The molecule has 0 aromatic carbocycles. The molecule has 1 unspecified atom stereocenters. The van der Waals surface area contributed by atoms with Gasteiger partial charge in [-0.2, -0.15) is 26.3 Å². The zero-order chi connectivity index (χ0) is 13.4. The van der Waals surface area contributed by atoms with Gasteiger partial charge in [-0.15, -0.1) is 4.90 Å². The zero-order valence-corrected chi connectivity index (χ0v) is 10.1. The fraction of sp³-hybridized carbons (Fsp3) is 0.750. The monoisotopic (exact) mass is 313 g/mol. The van der Waals surface area contributed by atoms with Gasteiger partial charge in [-0.3, -0.25) is 0 Å². The Morgan fingerprint density at radius 3 is 1.50 bits per heavy atom. The van der Waals surface area contributed by atoms with Crippen LogP contribution in [-0.4, -0.2) is 28.4 Å². The number of hydrogen-bond acceptors (Lipinski definition) is 1.